The van der Waals surface area contributed by atoms with E-state index >= 15 is 0 Å². The quantitative estimate of drug-likeness (QED) is 0.272. The monoisotopic (exact) mass is 517 g/mol. The van der Waals surface area contributed by atoms with Gasteiger partial charge in [-0.1, -0.05) is 36.4 Å². The smallest absolute Gasteiger partial charge is 0.545 e. The van der Waals surface area contributed by atoms with E-state index in [2.05, 4.69) is 15.3 Å². The Balaban J connectivity index is 0.00000342. The van der Waals surface area contributed by atoms with E-state index in [1.54, 1.807) is 24.6 Å². The molecule has 2 N–H and O–H groups in total. The van der Waals surface area contributed by atoms with Gasteiger partial charge < -0.3 is 29.7 Å². The van der Waals surface area contributed by atoms with Crippen LogP contribution in [-0.4, -0.2) is 29.0 Å². The number of amides is 1. The average molecular weight is 518 g/mol. The molecule has 11 heteroatoms. The molecule has 0 radical (unpaired) electrons. The number of hydrogen-bond acceptors (Lipinski definition) is 8. The number of H-pyrrole nitrogens is 1. The van der Waals surface area contributed by atoms with Crippen molar-refractivity contribution in [2.24, 2.45) is 0 Å². The average Bonchev–Trinajstić information content (AvgIpc) is 3.26. The summed E-state index contributed by atoms with van der Waals surface area (Å²) in [5.74, 6) is -1.12. The fraction of sp³-hybridized carbons (Fsp3) is 0.167. The number of aromatic amines is 1. The van der Waals surface area contributed by atoms with Gasteiger partial charge in [0.05, 0.1) is 31.7 Å². The Morgan fingerprint density at radius 2 is 1.89 bits per heavy atom. The van der Waals surface area contributed by atoms with Crippen LogP contribution in [0.25, 0.3) is 10.2 Å². The van der Waals surface area contributed by atoms with Crippen LogP contribution in [-0.2, 0) is 24.5 Å². The molecular formula is C24H20KN3O6S. The summed E-state index contributed by atoms with van der Waals surface area (Å²) >= 11 is 1.25. The number of carboxylic acid groups (broad SMARTS) is 1. The normalized spacial score (nSPS) is 10.5. The molecule has 1 amide bonds. The molecule has 0 aliphatic carbocycles. The zero-order chi connectivity index (χ0) is 24.1. The van der Waals surface area contributed by atoms with Gasteiger partial charge in [0, 0.05) is 12.1 Å². The zero-order valence-electron chi connectivity index (χ0n) is 19.1. The van der Waals surface area contributed by atoms with Gasteiger partial charge in [0.1, 0.15) is 10.6 Å². The van der Waals surface area contributed by atoms with Crippen LogP contribution in [0.2, 0.25) is 0 Å². The van der Waals surface area contributed by atoms with Crippen LogP contribution in [0.1, 0.15) is 37.7 Å². The van der Waals surface area contributed by atoms with E-state index in [4.69, 9.17) is 9.47 Å². The Morgan fingerprint density at radius 1 is 1.11 bits per heavy atom. The molecule has 0 atom stereocenters. The summed E-state index contributed by atoms with van der Waals surface area (Å²) in [7, 11) is 1.57. The van der Waals surface area contributed by atoms with Gasteiger partial charge in [-0.15, -0.1) is 11.3 Å². The first-order chi connectivity index (χ1) is 16.4. The van der Waals surface area contributed by atoms with Crippen LogP contribution in [0.5, 0.6) is 5.75 Å². The number of carboxylic acids is 1. The number of aromatic nitrogens is 2. The molecule has 0 spiro atoms. The van der Waals surface area contributed by atoms with E-state index in [0.29, 0.717) is 21.5 Å². The number of nitrogens with one attached hydrogen (secondary N) is 2. The van der Waals surface area contributed by atoms with Gasteiger partial charge in [-0.2, -0.15) is 0 Å². The number of nitrogens with zero attached hydrogens (tertiary/aromatic N) is 1. The third-order valence-electron chi connectivity index (χ3n) is 5.04. The molecule has 0 aliphatic heterocycles. The largest absolute Gasteiger partial charge is 1.00 e. The van der Waals surface area contributed by atoms with Crippen molar-refractivity contribution >= 4 is 33.4 Å². The van der Waals surface area contributed by atoms with E-state index in [9.17, 15) is 19.5 Å². The van der Waals surface area contributed by atoms with Crippen molar-refractivity contribution in [2.75, 3.05) is 7.11 Å². The van der Waals surface area contributed by atoms with Crippen LogP contribution in [0, 0.1) is 0 Å². The maximum absolute atomic E-state index is 12.7. The first-order valence-electron chi connectivity index (χ1n) is 10.2. The molecule has 35 heavy (non-hydrogen) atoms. The van der Waals surface area contributed by atoms with E-state index in [0.717, 1.165) is 11.1 Å². The number of carbonyl (C=O) groups is 2. The summed E-state index contributed by atoms with van der Waals surface area (Å²) in [4.78, 5) is 43.3. The van der Waals surface area contributed by atoms with Gasteiger partial charge in [0.25, 0.3) is 11.5 Å². The van der Waals surface area contributed by atoms with Gasteiger partial charge in [-0.05, 0) is 34.2 Å². The molecule has 0 fully saturated rings. The number of benzene rings is 2. The Labute approximate surface area is 246 Å². The summed E-state index contributed by atoms with van der Waals surface area (Å²) in [6, 6.07) is 13.5. The third kappa shape index (κ3) is 6.85. The summed E-state index contributed by atoms with van der Waals surface area (Å²) in [6.45, 7) is 0.653. The van der Waals surface area contributed by atoms with Crippen molar-refractivity contribution in [3.8, 4) is 5.75 Å². The minimum absolute atomic E-state index is 0. The Morgan fingerprint density at radius 3 is 2.60 bits per heavy atom. The van der Waals surface area contributed by atoms with E-state index < -0.39 is 17.4 Å². The third-order valence-corrected chi connectivity index (χ3v) is 5.96. The van der Waals surface area contributed by atoms with Gasteiger partial charge in [0.15, 0.2) is 0 Å². The number of hydrogen-bond donors (Lipinski definition) is 2. The Bertz CT molecular complexity index is 1400. The maximum atomic E-state index is 12.7. The first kappa shape index (κ1) is 27.2. The molecular weight excluding hydrogens is 497 g/mol. The molecule has 4 aromatic rings. The van der Waals surface area contributed by atoms with Crippen LogP contribution >= 0.6 is 11.3 Å². The fourth-order valence-electron chi connectivity index (χ4n) is 3.28. The van der Waals surface area contributed by atoms with Crippen molar-refractivity contribution < 1.29 is 75.6 Å². The van der Waals surface area contributed by atoms with Crippen LogP contribution in [0.3, 0.4) is 0 Å². The van der Waals surface area contributed by atoms with Gasteiger partial charge in [-0.3, -0.25) is 9.59 Å². The number of thiophene rings is 1. The minimum Gasteiger partial charge on any atom is -0.545 e. The van der Waals surface area contributed by atoms with E-state index in [1.165, 1.54) is 23.5 Å². The summed E-state index contributed by atoms with van der Waals surface area (Å²) in [5.41, 5.74) is 1.96. The van der Waals surface area contributed by atoms with Gasteiger partial charge >= 0.3 is 51.4 Å². The maximum Gasteiger partial charge on any atom is 1.00 e. The molecule has 4 rings (SSSR count). The summed E-state index contributed by atoms with van der Waals surface area (Å²) in [5, 5.41) is 15.7. The molecule has 0 bridgehead atoms. The second-order valence-electron chi connectivity index (χ2n) is 7.37. The molecule has 0 saturated carbocycles. The molecule has 0 aliphatic rings. The van der Waals surface area contributed by atoms with Crippen LogP contribution < -0.4 is 72.1 Å². The van der Waals surface area contributed by atoms with Crippen LogP contribution in [0.4, 0.5) is 0 Å². The predicted octanol–water partition coefficient (Wildman–Crippen LogP) is -0.992. The number of fused-ring (bicyclic) bond motifs is 1. The molecule has 0 unspecified atom stereocenters. The van der Waals surface area contributed by atoms with Gasteiger partial charge in [-0.25, -0.2) is 4.98 Å². The molecule has 2 aromatic heterocycles. The molecule has 0 saturated heterocycles. The molecule has 2 heterocycles. The van der Waals surface area contributed by atoms with Crippen molar-refractivity contribution in [1.29, 1.82) is 0 Å². The number of rotatable bonds is 9. The Hall–Kier alpha value is -2.38. The number of methoxy groups -OCH3 is 1. The summed E-state index contributed by atoms with van der Waals surface area (Å²) in [6.07, 6.45) is 0. The summed E-state index contributed by atoms with van der Waals surface area (Å²) < 4.78 is 10.9. The van der Waals surface area contributed by atoms with Crippen molar-refractivity contribution in [2.45, 2.75) is 19.8 Å². The zero-order valence-corrected chi connectivity index (χ0v) is 23.1. The fourth-order valence-corrected chi connectivity index (χ4v) is 4.21. The Kier molecular flexibility index (Phi) is 9.75. The van der Waals surface area contributed by atoms with Crippen LogP contribution in [0.15, 0.2) is 58.7 Å². The predicted molar refractivity (Wildman–Crippen MR) is 124 cm³/mol. The second-order valence-corrected chi connectivity index (χ2v) is 8.23. The van der Waals surface area contributed by atoms with E-state index in [-0.39, 0.29) is 82.5 Å². The van der Waals surface area contributed by atoms with Crippen molar-refractivity contribution in [1.82, 2.24) is 15.3 Å². The number of aromatic carboxylic acids is 1. The second kappa shape index (κ2) is 12.5. The number of ether oxygens (including phenoxy) is 2. The van der Waals surface area contributed by atoms with Crippen molar-refractivity contribution in [3.63, 3.8) is 0 Å². The minimum atomic E-state index is -1.24. The molecule has 174 valence electrons. The SMILES string of the molecule is COc1cccc(CNC(=O)c2nc3scc(COCc4ccc(C(=O)[O-])cc4)c3c(=O)[nH]2)c1.[K+]. The standard InChI is InChI=1S/C24H21N3O6S.K/c1-32-18-4-2-3-15(9-18)10-25-22(29)20-26-21(28)19-17(13-34-23(19)27-20)12-33-11-14-5-7-16(8-6-14)24(30)31;/h2-9,13H,10-12H2,1H3,(H,25,29)(H,30,31)(H,26,27,28);/q;+1/p-1. The number of carbonyl (C=O) groups excluding carboxylic acids is 2. The first-order valence-corrected chi connectivity index (χ1v) is 11.1. The van der Waals surface area contributed by atoms with E-state index in [1.807, 2.05) is 24.3 Å². The molecule has 2 aromatic carbocycles. The van der Waals surface area contributed by atoms with Gasteiger partial charge in [0.2, 0.25) is 5.82 Å². The topological polar surface area (TPSA) is 133 Å². The molecule has 9 nitrogen and oxygen atoms in total. The van der Waals surface area contributed by atoms with Crippen molar-refractivity contribution in [3.05, 3.63) is 92.3 Å².